The molecule has 3 amide bonds. The molecule has 1 aliphatic heterocycles. The molecule has 0 radical (unpaired) electrons. The van der Waals surface area contributed by atoms with Gasteiger partial charge in [-0.3, -0.25) is 0 Å². The van der Waals surface area contributed by atoms with E-state index < -0.39 is 0 Å². The summed E-state index contributed by atoms with van der Waals surface area (Å²) in [4.78, 5) is 28.8. The van der Waals surface area contributed by atoms with E-state index in [1.807, 2.05) is 29.3 Å². The molecule has 23 heavy (non-hydrogen) atoms. The number of piperidine rings is 1. The molecule has 1 aliphatic rings. The number of carbonyl (C=O) groups is 2. The fraction of sp³-hybridized carbons (Fsp3) is 0.625. The van der Waals surface area contributed by atoms with E-state index in [0.717, 1.165) is 12.8 Å². The molecule has 0 bridgehead atoms. The van der Waals surface area contributed by atoms with Crippen LogP contribution in [0.4, 0.5) is 9.59 Å². The maximum absolute atomic E-state index is 12.4. The van der Waals surface area contributed by atoms with Crippen LogP contribution in [0.5, 0.6) is 0 Å². The number of nitrogens with one attached hydrogen (secondary N) is 1. The number of carbonyl (C=O) groups excluding carboxylic acids is 2. The van der Waals surface area contributed by atoms with Crippen molar-refractivity contribution in [2.24, 2.45) is 0 Å². The molecule has 128 valence electrons. The van der Waals surface area contributed by atoms with Crippen molar-refractivity contribution in [3.63, 3.8) is 0 Å². The third-order valence-electron chi connectivity index (χ3n) is 3.94. The van der Waals surface area contributed by atoms with Gasteiger partial charge in [0.05, 0.1) is 13.2 Å². The van der Waals surface area contributed by atoms with Crippen molar-refractivity contribution in [3.8, 4) is 0 Å². The third kappa shape index (κ3) is 5.13. The van der Waals surface area contributed by atoms with Crippen LogP contribution >= 0.6 is 11.3 Å². The second-order valence-electron chi connectivity index (χ2n) is 5.50. The second-order valence-corrected chi connectivity index (χ2v) is 6.54. The van der Waals surface area contributed by atoms with Crippen molar-refractivity contribution >= 4 is 23.5 Å². The lowest BCUT2D eigenvalue weighted by molar-refractivity contribution is 0.0951. The molecule has 7 heteroatoms. The summed E-state index contributed by atoms with van der Waals surface area (Å²) < 4.78 is 5.00. The highest BCUT2D eigenvalue weighted by Crippen LogP contribution is 2.14. The highest BCUT2D eigenvalue weighted by Gasteiger charge is 2.25. The van der Waals surface area contributed by atoms with Crippen LogP contribution in [-0.2, 0) is 11.3 Å². The van der Waals surface area contributed by atoms with Gasteiger partial charge in [0, 0.05) is 30.6 Å². The molecule has 1 aromatic rings. The van der Waals surface area contributed by atoms with Crippen LogP contribution in [0.2, 0.25) is 0 Å². The molecule has 1 N–H and O–H groups in total. The lowest BCUT2D eigenvalue weighted by atomic mass is 10.1. The molecule has 0 aromatic carbocycles. The van der Waals surface area contributed by atoms with Crippen molar-refractivity contribution in [1.82, 2.24) is 15.1 Å². The zero-order valence-corrected chi connectivity index (χ0v) is 14.6. The predicted molar refractivity (Wildman–Crippen MR) is 90.6 cm³/mol. The van der Waals surface area contributed by atoms with Gasteiger partial charge < -0.3 is 19.9 Å². The summed E-state index contributed by atoms with van der Waals surface area (Å²) in [5.74, 6) is 0. The summed E-state index contributed by atoms with van der Waals surface area (Å²) in [5.41, 5.74) is 0. The summed E-state index contributed by atoms with van der Waals surface area (Å²) >= 11 is 1.66. The molecule has 0 saturated carbocycles. The van der Waals surface area contributed by atoms with Crippen LogP contribution in [0.15, 0.2) is 17.5 Å². The van der Waals surface area contributed by atoms with E-state index in [0.29, 0.717) is 32.8 Å². The fourth-order valence-corrected chi connectivity index (χ4v) is 3.32. The molecular weight excluding hydrogens is 314 g/mol. The Hall–Kier alpha value is -1.76. The molecule has 0 atom stereocenters. The highest BCUT2D eigenvalue weighted by atomic mass is 32.1. The van der Waals surface area contributed by atoms with E-state index in [1.165, 1.54) is 4.88 Å². The number of urea groups is 1. The van der Waals surface area contributed by atoms with Gasteiger partial charge >= 0.3 is 12.1 Å². The molecular formula is C16H25N3O3S. The van der Waals surface area contributed by atoms with E-state index in [2.05, 4.69) is 5.32 Å². The van der Waals surface area contributed by atoms with E-state index in [-0.39, 0.29) is 18.2 Å². The van der Waals surface area contributed by atoms with Crippen LogP contribution in [-0.4, -0.2) is 54.2 Å². The van der Waals surface area contributed by atoms with Crippen molar-refractivity contribution < 1.29 is 14.3 Å². The van der Waals surface area contributed by atoms with Gasteiger partial charge in [0.1, 0.15) is 0 Å². The number of thiophene rings is 1. The molecule has 0 spiro atoms. The summed E-state index contributed by atoms with van der Waals surface area (Å²) in [5, 5.41) is 5.11. The number of amides is 3. The monoisotopic (exact) mass is 339 g/mol. The Kier molecular flexibility index (Phi) is 6.70. The van der Waals surface area contributed by atoms with Gasteiger partial charge in [-0.1, -0.05) is 6.07 Å². The Balaban J connectivity index is 1.78. The maximum Gasteiger partial charge on any atom is 0.409 e. The first-order valence-corrected chi connectivity index (χ1v) is 9.01. The Morgan fingerprint density at radius 2 is 2.13 bits per heavy atom. The minimum absolute atomic E-state index is 0.0320. The van der Waals surface area contributed by atoms with Crippen LogP contribution in [0.3, 0.4) is 0 Å². The van der Waals surface area contributed by atoms with Gasteiger partial charge in [-0.05, 0) is 38.1 Å². The zero-order valence-electron chi connectivity index (χ0n) is 13.8. The number of likely N-dealkylation sites (tertiary alicyclic amines) is 1. The molecule has 6 nitrogen and oxygen atoms in total. The SMILES string of the molecule is CCOC(=O)N1CCC(NC(=O)N(CC)Cc2cccs2)CC1. The zero-order chi connectivity index (χ0) is 16.7. The molecule has 0 aliphatic carbocycles. The van der Waals surface area contributed by atoms with E-state index in [1.54, 1.807) is 23.2 Å². The third-order valence-corrected chi connectivity index (χ3v) is 4.81. The van der Waals surface area contributed by atoms with Gasteiger partial charge in [0.15, 0.2) is 0 Å². The van der Waals surface area contributed by atoms with Crippen molar-refractivity contribution in [2.75, 3.05) is 26.2 Å². The summed E-state index contributed by atoms with van der Waals surface area (Å²) in [6.45, 7) is 6.74. The molecule has 2 rings (SSSR count). The van der Waals surface area contributed by atoms with E-state index in [9.17, 15) is 9.59 Å². The predicted octanol–water partition coefficient (Wildman–Crippen LogP) is 2.90. The van der Waals surface area contributed by atoms with Gasteiger partial charge in [-0.25, -0.2) is 9.59 Å². The molecule has 0 unspecified atom stereocenters. The average molecular weight is 339 g/mol. The van der Waals surface area contributed by atoms with Crippen molar-refractivity contribution in [1.29, 1.82) is 0 Å². The average Bonchev–Trinajstić information content (AvgIpc) is 3.06. The summed E-state index contributed by atoms with van der Waals surface area (Å²) in [7, 11) is 0. The number of hydrogen-bond donors (Lipinski definition) is 1. The van der Waals surface area contributed by atoms with Crippen LogP contribution in [0.25, 0.3) is 0 Å². The Morgan fingerprint density at radius 3 is 2.70 bits per heavy atom. The number of hydrogen-bond acceptors (Lipinski definition) is 4. The Labute approximate surface area is 141 Å². The molecule has 1 fully saturated rings. The van der Waals surface area contributed by atoms with Gasteiger partial charge in [0.25, 0.3) is 0 Å². The lowest BCUT2D eigenvalue weighted by Gasteiger charge is -2.33. The smallest absolute Gasteiger partial charge is 0.409 e. The largest absolute Gasteiger partial charge is 0.450 e. The minimum Gasteiger partial charge on any atom is -0.450 e. The molecule has 2 heterocycles. The Bertz CT molecular complexity index is 499. The summed E-state index contributed by atoms with van der Waals surface area (Å²) in [6.07, 6.45) is 1.27. The van der Waals surface area contributed by atoms with Gasteiger partial charge in [-0.2, -0.15) is 0 Å². The topological polar surface area (TPSA) is 61.9 Å². The first-order valence-electron chi connectivity index (χ1n) is 8.13. The first-order chi connectivity index (χ1) is 11.1. The standard InChI is InChI=1S/C16H25N3O3S/c1-3-18(12-14-6-5-11-23-14)15(20)17-13-7-9-19(10-8-13)16(21)22-4-2/h5-6,11,13H,3-4,7-10,12H2,1-2H3,(H,17,20). The normalized spacial score (nSPS) is 15.3. The van der Waals surface area contributed by atoms with Crippen LogP contribution in [0.1, 0.15) is 31.6 Å². The van der Waals surface area contributed by atoms with E-state index in [4.69, 9.17) is 4.74 Å². The number of ether oxygens (including phenoxy) is 1. The highest BCUT2D eigenvalue weighted by molar-refractivity contribution is 7.09. The quantitative estimate of drug-likeness (QED) is 0.897. The number of nitrogens with zero attached hydrogens (tertiary/aromatic N) is 2. The second kappa shape index (κ2) is 8.76. The first kappa shape index (κ1) is 17.6. The number of rotatable bonds is 5. The summed E-state index contributed by atoms with van der Waals surface area (Å²) in [6, 6.07) is 4.12. The van der Waals surface area contributed by atoms with Crippen molar-refractivity contribution in [2.45, 2.75) is 39.3 Å². The Morgan fingerprint density at radius 1 is 1.39 bits per heavy atom. The van der Waals surface area contributed by atoms with Crippen molar-refractivity contribution in [3.05, 3.63) is 22.4 Å². The van der Waals surface area contributed by atoms with Gasteiger partial charge in [-0.15, -0.1) is 11.3 Å². The molecule has 1 saturated heterocycles. The van der Waals surface area contributed by atoms with Crippen LogP contribution in [0, 0.1) is 0 Å². The molecule has 1 aromatic heterocycles. The maximum atomic E-state index is 12.4. The fourth-order valence-electron chi connectivity index (χ4n) is 2.60. The van der Waals surface area contributed by atoms with E-state index >= 15 is 0 Å². The minimum atomic E-state index is -0.259. The lowest BCUT2D eigenvalue weighted by Crippen LogP contribution is -2.50. The van der Waals surface area contributed by atoms with Crippen LogP contribution < -0.4 is 5.32 Å². The van der Waals surface area contributed by atoms with Gasteiger partial charge in [0.2, 0.25) is 0 Å².